The van der Waals surface area contributed by atoms with Crippen molar-refractivity contribution in [2.24, 2.45) is 0 Å². The Morgan fingerprint density at radius 1 is 1.23 bits per heavy atom. The fourth-order valence-electron chi connectivity index (χ4n) is 2.79. The van der Waals surface area contributed by atoms with Crippen molar-refractivity contribution < 1.29 is 14.7 Å². The van der Waals surface area contributed by atoms with Crippen LogP contribution < -0.4 is 10.6 Å². The fourth-order valence-corrected chi connectivity index (χ4v) is 3.50. The largest absolute Gasteiger partial charge is 0.481 e. The number of carboxylic acid groups (broad SMARTS) is 1. The van der Waals surface area contributed by atoms with Gasteiger partial charge in [0.1, 0.15) is 0 Å². The van der Waals surface area contributed by atoms with Crippen LogP contribution in [0.4, 0.5) is 4.79 Å². The maximum absolute atomic E-state index is 11.8. The molecule has 22 heavy (non-hydrogen) atoms. The van der Waals surface area contributed by atoms with Gasteiger partial charge in [0, 0.05) is 29.4 Å². The number of urea groups is 1. The first-order valence-electron chi connectivity index (χ1n) is 7.52. The summed E-state index contributed by atoms with van der Waals surface area (Å²) in [6, 6.07) is 7.91. The first-order valence-corrected chi connectivity index (χ1v) is 8.31. The number of carbonyl (C=O) groups is 2. The fraction of sp³-hybridized carbons (Fsp3) is 0.500. The Morgan fingerprint density at radius 3 is 2.55 bits per heavy atom. The summed E-state index contributed by atoms with van der Waals surface area (Å²) in [5.41, 5.74) is 1.26. The van der Waals surface area contributed by atoms with Gasteiger partial charge in [0.05, 0.1) is 0 Å². The predicted octanol–water partition coefficient (Wildman–Crippen LogP) is 3.03. The minimum Gasteiger partial charge on any atom is -0.481 e. The number of carbonyl (C=O) groups excluding carboxylic acids is 1. The molecule has 120 valence electrons. The minimum absolute atomic E-state index is 0.0124. The van der Waals surface area contributed by atoms with Gasteiger partial charge in [0.15, 0.2) is 0 Å². The standard InChI is InChI=1S/C16H21BrN2O3/c17-13-6-2-1-5-12(13)16(8-4-9-16)11-19-15(22)18-10-3-7-14(20)21/h1-2,5-6H,3-4,7-11H2,(H,20,21)(H2,18,19,22). The highest BCUT2D eigenvalue weighted by Crippen LogP contribution is 2.45. The maximum Gasteiger partial charge on any atom is 0.314 e. The van der Waals surface area contributed by atoms with Crippen molar-refractivity contribution in [1.29, 1.82) is 0 Å². The molecular formula is C16H21BrN2O3. The zero-order valence-corrected chi connectivity index (χ0v) is 14.0. The summed E-state index contributed by atoms with van der Waals surface area (Å²) < 4.78 is 1.08. The number of carboxylic acids is 1. The molecule has 2 amide bonds. The van der Waals surface area contributed by atoms with Gasteiger partial charge in [-0.15, -0.1) is 0 Å². The van der Waals surface area contributed by atoms with Gasteiger partial charge < -0.3 is 15.7 Å². The van der Waals surface area contributed by atoms with Crippen molar-refractivity contribution >= 4 is 27.9 Å². The summed E-state index contributed by atoms with van der Waals surface area (Å²) in [7, 11) is 0. The van der Waals surface area contributed by atoms with E-state index in [1.54, 1.807) is 0 Å². The molecule has 1 aliphatic rings. The Bertz CT molecular complexity index is 544. The third-order valence-corrected chi connectivity index (χ3v) is 4.89. The van der Waals surface area contributed by atoms with Crippen LogP contribution in [0.3, 0.4) is 0 Å². The number of benzene rings is 1. The monoisotopic (exact) mass is 368 g/mol. The number of halogens is 1. The molecule has 1 fully saturated rings. The van der Waals surface area contributed by atoms with E-state index < -0.39 is 5.97 Å². The van der Waals surface area contributed by atoms with Crippen molar-refractivity contribution in [3.05, 3.63) is 34.3 Å². The molecule has 0 saturated heterocycles. The summed E-state index contributed by atoms with van der Waals surface area (Å²) in [6.45, 7) is 0.973. The number of aliphatic carboxylic acids is 1. The highest BCUT2D eigenvalue weighted by atomic mass is 79.9. The molecule has 0 spiro atoms. The molecular weight excluding hydrogens is 348 g/mol. The van der Waals surface area contributed by atoms with Crippen LogP contribution in [0.5, 0.6) is 0 Å². The molecule has 1 aliphatic carbocycles. The smallest absolute Gasteiger partial charge is 0.314 e. The molecule has 1 aromatic carbocycles. The van der Waals surface area contributed by atoms with Crippen molar-refractivity contribution in [2.75, 3.05) is 13.1 Å². The van der Waals surface area contributed by atoms with Gasteiger partial charge in [-0.1, -0.05) is 40.5 Å². The van der Waals surface area contributed by atoms with Gasteiger partial charge in [0.2, 0.25) is 0 Å². The lowest BCUT2D eigenvalue weighted by Crippen LogP contribution is -2.48. The average molecular weight is 369 g/mol. The number of amides is 2. The topological polar surface area (TPSA) is 78.4 Å². The highest BCUT2D eigenvalue weighted by Gasteiger charge is 2.39. The van der Waals surface area contributed by atoms with Crippen LogP contribution in [-0.4, -0.2) is 30.2 Å². The predicted molar refractivity (Wildman–Crippen MR) is 87.9 cm³/mol. The Kier molecular flexibility index (Phi) is 5.83. The summed E-state index contributed by atoms with van der Waals surface area (Å²) in [5.74, 6) is -0.843. The molecule has 1 saturated carbocycles. The van der Waals surface area contributed by atoms with Crippen LogP contribution in [0, 0.1) is 0 Å². The number of hydrogen-bond donors (Lipinski definition) is 3. The van der Waals surface area contributed by atoms with Crippen molar-refractivity contribution in [3.63, 3.8) is 0 Å². The Morgan fingerprint density at radius 2 is 1.95 bits per heavy atom. The second kappa shape index (κ2) is 7.63. The number of rotatable bonds is 7. The maximum atomic E-state index is 11.8. The lowest BCUT2D eigenvalue weighted by Gasteiger charge is -2.43. The van der Waals surface area contributed by atoms with Crippen LogP contribution in [0.25, 0.3) is 0 Å². The highest BCUT2D eigenvalue weighted by molar-refractivity contribution is 9.10. The zero-order valence-electron chi connectivity index (χ0n) is 12.4. The van der Waals surface area contributed by atoms with Crippen molar-refractivity contribution in [2.45, 2.75) is 37.5 Å². The number of hydrogen-bond acceptors (Lipinski definition) is 2. The Balaban J connectivity index is 1.83. The van der Waals surface area contributed by atoms with E-state index in [-0.39, 0.29) is 17.9 Å². The van der Waals surface area contributed by atoms with E-state index in [0.29, 0.717) is 19.5 Å². The molecule has 0 bridgehead atoms. The van der Waals surface area contributed by atoms with Gasteiger partial charge in [-0.3, -0.25) is 4.79 Å². The second-order valence-corrected chi connectivity index (χ2v) is 6.57. The molecule has 5 nitrogen and oxygen atoms in total. The summed E-state index contributed by atoms with van der Waals surface area (Å²) in [6.07, 6.45) is 3.81. The Hall–Kier alpha value is -1.56. The van der Waals surface area contributed by atoms with Gasteiger partial charge in [-0.05, 0) is 30.9 Å². The lowest BCUT2D eigenvalue weighted by molar-refractivity contribution is -0.137. The van der Waals surface area contributed by atoms with Gasteiger partial charge in [-0.25, -0.2) is 4.79 Å². The van der Waals surface area contributed by atoms with Crippen LogP contribution in [0.2, 0.25) is 0 Å². The van der Waals surface area contributed by atoms with E-state index in [4.69, 9.17) is 5.11 Å². The third-order valence-electron chi connectivity index (χ3n) is 4.20. The molecule has 3 N–H and O–H groups in total. The zero-order chi connectivity index (χ0) is 16.0. The van der Waals surface area contributed by atoms with Gasteiger partial charge >= 0.3 is 12.0 Å². The van der Waals surface area contributed by atoms with Crippen LogP contribution in [0.1, 0.15) is 37.7 Å². The molecule has 0 aromatic heterocycles. The second-order valence-electron chi connectivity index (χ2n) is 5.72. The molecule has 0 aliphatic heterocycles. The van der Waals surface area contributed by atoms with Crippen LogP contribution in [-0.2, 0) is 10.2 Å². The number of nitrogens with one attached hydrogen (secondary N) is 2. The van der Waals surface area contributed by atoms with E-state index in [2.05, 4.69) is 32.6 Å². The molecule has 6 heteroatoms. The summed E-state index contributed by atoms with van der Waals surface area (Å²) in [4.78, 5) is 22.2. The summed E-state index contributed by atoms with van der Waals surface area (Å²) in [5, 5.41) is 14.2. The van der Waals surface area contributed by atoms with Crippen molar-refractivity contribution in [1.82, 2.24) is 10.6 Å². The normalized spacial score (nSPS) is 15.7. The quantitative estimate of drug-likeness (QED) is 0.647. The van der Waals surface area contributed by atoms with E-state index in [1.807, 2.05) is 18.2 Å². The van der Waals surface area contributed by atoms with E-state index in [9.17, 15) is 9.59 Å². The minimum atomic E-state index is -0.843. The van der Waals surface area contributed by atoms with E-state index in [0.717, 1.165) is 17.3 Å². The molecule has 1 aromatic rings. The van der Waals surface area contributed by atoms with Gasteiger partial charge in [-0.2, -0.15) is 0 Å². The molecule has 0 atom stereocenters. The van der Waals surface area contributed by atoms with Crippen LogP contribution >= 0.6 is 15.9 Å². The first kappa shape index (κ1) is 16.8. The van der Waals surface area contributed by atoms with E-state index in [1.165, 1.54) is 12.0 Å². The van der Waals surface area contributed by atoms with Crippen molar-refractivity contribution in [3.8, 4) is 0 Å². The molecule has 0 radical (unpaired) electrons. The average Bonchev–Trinajstić information content (AvgIpc) is 2.44. The third kappa shape index (κ3) is 4.22. The SMILES string of the molecule is O=C(O)CCCNC(=O)NCC1(c2ccccc2Br)CCC1. The molecule has 0 unspecified atom stereocenters. The van der Waals surface area contributed by atoms with Gasteiger partial charge in [0.25, 0.3) is 0 Å². The lowest BCUT2D eigenvalue weighted by atomic mass is 9.64. The molecule has 0 heterocycles. The first-order chi connectivity index (χ1) is 10.5. The molecule has 2 rings (SSSR count). The summed E-state index contributed by atoms with van der Waals surface area (Å²) >= 11 is 3.59. The van der Waals surface area contributed by atoms with E-state index >= 15 is 0 Å². The van der Waals surface area contributed by atoms with Crippen LogP contribution in [0.15, 0.2) is 28.7 Å². The Labute approximate surface area is 138 Å².